The van der Waals surface area contributed by atoms with Gasteiger partial charge < -0.3 is 0 Å². The van der Waals surface area contributed by atoms with Crippen LogP contribution in [-0.2, 0) is 0 Å². The summed E-state index contributed by atoms with van der Waals surface area (Å²) in [5.74, 6) is 0. The molecule has 0 saturated heterocycles. The summed E-state index contributed by atoms with van der Waals surface area (Å²) >= 11 is 5.63. The van der Waals surface area contributed by atoms with Gasteiger partial charge in [0.05, 0.1) is 0 Å². The fourth-order valence-corrected chi connectivity index (χ4v) is 3.72. The monoisotopic (exact) mass is 268 g/mol. The van der Waals surface area contributed by atoms with Crippen LogP contribution in [0, 0.1) is 0 Å². The average Bonchev–Trinajstić information content (AvgIpc) is 2.19. The van der Waals surface area contributed by atoms with Crippen molar-refractivity contribution < 1.29 is 0 Å². The van der Waals surface area contributed by atoms with E-state index < -0.39 is 0 Å². The lowest BCUT2D eigenvalue weighted by molar-refractivity contribution is 0.766. The number of hydrogen-bond acceptors (Lipinski definition) is 1. The van der Waals surface area contributed by atoms with Crippen molar-refractivity contribution >= 4 is 27.7 Å². The first-order valence-corrected chi connectivity index (χ1v) is 6.66. The predicted octanol–water partition coefficient (Wildman–Crippen LogP) is 4.26. The third-order valence-corrected chi connectivity index (χ3v) is 4.22. The van der Waals surface area contributed by atoms with Crippen LogP contribution in [0.5, 0.6) is 0 Å². The number of rotatable bonds is 2. The van der Waals surface area contributed by atoms with Gasteiger partial charge in [-0.1, -0.05) is 46.3 Å². The van der Waals surface area contributed by atoms with E-state index in [4.69, 9.17) is 0 Å². The summed E-state index contributed by atoms with van der Waals surface area (Å²) in [5, 5.41) is 0.728. The largest absolute Gasteiger partial charge is 0.122 e. The van der Waals surface area contributed by atoms with E-state index in [0.29, 0.717) is 4.83 Å². The molecule has 0 aromatic heterocycles. The molecule has 0 N–H and O–H groups in total. The van der Waals surface area contributed by atoms with E-state index in [1.165, 1.54) is 17.7 Å². The highest BCUT2D eigenvalue weighted by atomic mass is 79.9. The Kier molecular flexibility index (Phi) is 3.71. The number of hydrogen-bond donors (Lipinski definition) is 0. The van der Waals surface area contributed by atoms with Gasteiger partial charge in [0.1, 0.15) is 0 Å². The number of alkyl halides is 1. The summed E-state index contributed by atoms with van der Waals surface area (Å²) in [5.41, 5.74) is 0. The van der Waals surface area contributed by atoms with Crippen molar-refractivity contribution in [3.63, 3.8) is 0 Å². The van der Waals surface area contributed by atoms with Crippen molar-refractivity contribution in [1.82, 2.24) is 0 Å². The molecule has 0 spiro atoms. The van der Waals surface area contributed by atoms with Gasteiger partial charge in [-0.25, -0.2) is 0 Å². The van der Waals surface area contributed by atoms with Gasteiger partial charge in [0.2, 0.25) is 0 Å². The molecule has 0 saturated carbocycles. The molecule has 1 aromatic carbocycles. The van der Waals surface area contributed by atoms with Gasteiger partial charge in [-0.3, -0.25) is 0 Å². The maximum atomic E-state index is 3.64. The van der Waals surface area contributed by atoms with Gasteiger partial charge in [0.15, 0.2) is 0 Å². The fourth-order valence-electron chi connectivity index (χ4n) is 1.59. The van der Waals surface area contributed by atoms with Crippen molar-refractivity contribution in [2.75, 3.05) is 0 Å². The van der Waals surface area contributed by atoms with Crippen molar-refractivity contribution in [3.8, 4) is 0 Å². The van der Waals surface area contributed by atoms with Crippen LogP contribution in [0.4, 0.5) is 0 Å². The first-order chi connectivity index (χ1) is 6.84. The molecule has 2 heteroatoms. The van der Waals surface area contributed by atoms with Gasteiger partial charge in [0, 0.05) is 15.0 Å². The first kappa shape index (κ1) is 10.3. The average molecular weight is 269 g/mol. The minimum absolute atomic E-state index is 0.567. The molecule has 0 aliphatic heterocycles. The summed E-state index contributed by atoms with van der Waals surface area (Å²) in [7, 11) is 0. The Morgan fingerprint density at radius 2 is 2.00 bits per heavy atom. The summed E-state index contributed by atoms with van der Waals surface area (Å²) in [4.78, 5) is 1.95. The standard InChI is InChI=1S/C12H13BrS/c13-10-5-4-8-12(9-10)14-11-6-2-1-3-7-11/h1-7,10,12H,8-9H2. The normalized spacial score (nSPS) is 26.4. The van der Waals surface area contributed by atoms with Crippen molar-refractivity contribution in [1.29, 1.82) is 0 Å². The molecule has 1 aliphatic rings. The number of benzene rings is 1. The Morgan fingerprint density at radius 1 is 1.21 bits per heavy atom. The van der Waals surface area contributed by atoms with Gasteiger partial charge >= 0.3 is 0 Å². The Balaban J connectivity index is 1.96. The van der Waals surface area contributed by atoms with E-state index in [1.807, 2.05) is 11.8 Å². The van der Waals surface area contributed by atoms with E-state index >= 15 is 0 Å². The maximum Gasteiger partial charge on any atom is 0.0336 e. The molecule has 0 radical (unpaired) electrons. The molecular weight excluding hydrogens is 256 g/mol. The molecule has 0 nitrogen and oxygen atoms in total. The van der Waals surface area contributed by atoms with Gasteiger partial charge in [-0.2, -0.15) is 0 Å². The zero-order chi connectivity index (χ0) is 9.80. The first-order valence-electron chi connectivity index (χ1n) is 4.87. The van der Waals surface area contributed by atoms with E-state index in [0.717, 1.165) is 5.25 Å². The van der Waals surface area contributed by atoms with E-state index in [1.54, 1.807) is 0 Å². The fraction of sp³-hybridized carbons (Fsp3) is 0.333. The van der Waals surface area contributed by atoms with Crippen LogP contribution in [-0.4, -0.2) is 10.1 Å². The summed E-state index contributed by atoms with van der Waals surface area (Å²) in [6.07, 6.45) is 6.96. The van der Waals surface area contributed by atoms with Crippen molar-refractivity contribution in [2.45, 2.75) is 27.8 Å². The Hall–Kier alpha value is -0.210. The van der Waals surface area contributed by atoms with E-state index in [2.05, 4.69) is 58.4 Å². The number of halogens is 1. The van der Waals surface area contributed by atoms with Crippen LogP contribution in [0.15, 0.2) is 47.4 Å². The molecule has 2 rings (SSSR count). The highest BCUT2D eigenvalue weighted by Gasteiger charge is 2.16. The molecule has 0 fully saturated rings. The van der Waals surface area contributed by atoms with Gasteiger partial charge in [-0.15, -0.1) is 11.8 Å². The second-order valence-corrected chi connectivity index (χ2v) is 6.02. The van der Waals surface area contributed by atoms with Gasteiger partial charge in [-0.05, 0) is 25.0 Å². The Morgan fingerprint density at radius 3 is 2.71 bits per heavy atom. The molecule has 14 heavy (non-hydrogen) atoms. The maximum absolute atomic E-state index is 3.64. The molecule has 2 unspecified atom stereocenters. The molecule has 2 atom stereocenters. The van der Waals surface area contributed by atoms with Crippen molar-refractivity contribution in [3.05, 3.63) is 42.5 Å². The summed E-state index contributed by atoms with van der Waals surface area (Å²) < 4.78 is 0. The smallest absolute Gasteiger partial charge is 0.0336 e. The van der Waals surface area contributed by atoms with Crippen LogP contribution in [0.2, 0.25) is 0 Å². The molecule has 1 aromatic rings. The van der Waals surface area contributed by atoms with Crippen LogP contribution >= 0.6 is 27.7 Å². The molecule has 1 aliphatic carbocycles. The zero-order valence-corrected chi connectivity index (χ0v) is 10.3. The van der Waals surface area contributed by atoms with E-state index in [-0.39, 0.29) is 0 Å². The lowest BCUT2D eigenvalue weighted by Crippen LogP contribution is -2.12. The molecule has 74 valence electrons. The molecule has 0 bridgehead atoms. The predicted molar refractivity (Wildman–Crippen MR) is 67.2 cm³/mol. The van der Waals surface area contributed by atoms with E-state index in [9.17, 15) is 0 Å². The highest BCUT2D eigenvalue weighted by Crippen LogP contribution is 2.32. The molecular formula is C12H13BrS. The summed E-state index contributed by atoms with van der Waals surface area (Å²) in [6.45, 7) is 0. The van der Waals surface area contributed by atoms with Crippen LogP contribution in [0.3, 0.4) is 0 Å². The second kappa shape index (κ2) is 5.04. The van der Waals surface area contributed by atoms with Gasteiger partial charge in [0.25, 0.3) is 0 Å². The third kappa shape index (κ3) is 2.89. The Bertz CT molecular complexity index is 307. The summed E-state index contributed by atoms with van der Waals surface area (Å²) in [6, 6.07) is 10.6. The van der Waals surface area contributed by atoms with Crippen LogP contribution in [0.25, 0.3) is 0 Å². The number of allylic oxidation sites excluding steroid dienone is 2. The SMILES string of the molecule is BrC1C=CCC(Sc2ccccc2)C1. The zero-order valence-electron chi connectivity index (χ0n) is 7.90. The lowest BCUT2D eigenvalue weighted by Gasteiger charge is -2.20. The lowest BCUT2D eigenvalue weighted by atomic mass is 10.1. The van der Waals surface area contributed by atoms with Crippen molar-refractivity contribution in [2.24, 2.45) is 0 Å². The minimum atomic E-state index is 0.567. The quantitative estimate of drug-likeness (QED) is 0.571. The topological polar surface area (TPSA) is 0 Å². The minimum Gasteiger partial charge on any atom is -0.122 e. The second-order valence-electron chi connectivity index (χ2n) is 3.47. The van der Waals surface area contributed by atoms with Crippen LogP contribution in [0.1, 0.15) is 12.8 Å². The number of thioether (sulfide) groups is 1. The molecule has 0 heterocycles. The van der Waals surface area contributed by atoms with Crippen LogP contribution < -0.4 is 0 Å². The Labute approximate surface area is 97.9 Å². The molecule has 0 amide bonds. The highest BCUT2D eigenvalue weighted by molar-refractivity contribution is 9.09. The third-order valence-electron chi connectivity index (χ3n) is 2.28.